The van der Waals surface area contributed by atoms with Crippen molar-refractivity contribution in [2.75, 3.05) is 31.5 Å². The molecule has 0 spiro atoms. The molecule has 0 radical (unpaired) electrons. The highest BCUT2D eigenvalue weighted by Crippen LogP contribution is 2.25. The zero-order chi connectivity index (χ0) is 24.4. The molecule has 3 heterocycles. The minimum absolute atomic E-state index is 0.0916. The van der Waals surface area contributed by atoms with Crippen molar-refractivity contribution in [3.63, 3.8) is 0 Å². The Morgan fingerprint density at radius 3 is 2.46 bits per heavy atom. The highest BCUT2D eigenvalue weighted by molar-refractivity contribution is 7.19. The van der Waals surface area contributed by atoms with Gasteiger partial charge in [0, 0.05) is 55.1 Å². The van der Waals surface area contributed by atoms with Gasteiger partial charge in [-0.05, 0) is 36.2 Å². The summed E-state index contributed by atoms with van der Waals surface area (Å²) in [7, 11) is 0. The van der Waals surface area contributed by atoms with E-state index in [1.165, 1.54) is 27.5 Å². The number of nitrogens with one attached hydrogen (secondary N) is 1. The Kier molecular flexibility index (Phi) is 6.81. The number of urea groups is 1. The molecule has 5 rings (SSSR count). The Hall–Kier alpha value is -3.27. The van der Waals surface area contributed by atoms with Crippen molar-refractivity contribution in [2.45, 2.75) is 19.9 Å². The van der Waals surface area contributed by atoms with Gasteiger partial charge in [-0.25, -0.2) is 9.78 Å². The van der Waals surface area contributed by atoms with Crippen LogP contribution >= 0.6 is 22.9 Å². The largest absolute Gasteiger partial charge is 0.322 e. The van der Waals surface area contributed by atoms with Crippen molar-refractivity contribution in [2.24, 2.45) is 0 Å². The van der Waals surface area contributed by atoms with Gasteiger partial charge < -0.3 is 10.2 Å². The number of aromatic nitrogens is 3. The second-order valence-electron chi connectivity index (χ2n) is 8.44. The van der Waals surface area contributed by atoms with Crippen LogP contribution < -0.4 is 10.9 Å². The number of aryl methyl sites for hydroxylation is 1. The monoisotopic (exact) mass is 508 g/mol. The maximum atomic E-state index is 12.7. The van der Waals surface area contributed by atoms with Crippen LogP contribution in [0.15, 0.2) is 59.4 Å². The normalized spacial score (nSPS) is 14.4. The SMILES string of the molecule is CCc1ccc(NC(=O)N2CCN(Cc3cc(=O)n4nc(-c5ccc(Cl)cc5)sc4n3)CC2)cc1. The molecule has 0 aliphatic carbocycles. The molecule has 1 saturated heterocycles. The van der Waals surface area contributed by atoms with E-state index >= 15 is 0 Å². The van der Waals surface area contributed by atoms with E-state index < -0.39 is 0 Å². The molecule has 2 aromatic carbocycles. The molecule has 0 bridgehead atoms. The Morgan fingerprint density at radius 2 is 1.77 bits per heavy atom. The van der Waals surface area contributed by atoms with E-state index in [4.69, 9.17) is 11.6 Å². The van der Waals surface area contributed by atoms with Crippen LogP contribution in [-0.2, 0) is 13.0 Å². The predicted octanol–water partition coefficient (Wildman–Crippen LogP) is 4.38. The summed E-state index contributed by atoms with van der Waals surface area (Å²) in [4.78, 5) is 34.6. The average molecular weight is 509 g/mol. The van der Waals surface area contributed by atoms with Gasteiger partial charge in [0.15, 0.2) is 0 Å². The molecule has 0 saturated carbocycles. The van der Waals surface area contributed by atoms with E-state index in [0.717, 1.165) is 17.7 Å². The standard InChI is InChI=1S/C25H25ClN6O2S/c1-2-17-3-9-20(10-4-17)27-24(34)31-13-11-30(12-14-31)16-21-15-22(33)32-25(28-21)35-23(29-32)18-5-7-19(26)8-6-18/h3-10,15H,2,11-14,16H2,1H3,(H,27,34). The Morgan fingerprint density at radius 1 is 1.06 bits per heavy atom. The molecule has 1 aliphatic rings. The Labute approximate surface area is 211 Å². The number of carbonyl (C=O) groups excluding carboxylic acids is 1. The van der Waals surface area contributed by atoms with Gasteiger partial charge in [-0.15, -0.1) is 0 Å². The molecule has 1 aliphatic heterocycles. The van der Waals surface area contributed by atoms with Gasteiger partial charge in [0.1, 0.15) is 5.01 Å². The van der Waals surface area contributed by atoms with Gasteiger partial charge in [0.2, 0.25) is 4.96 Å². The number of carbonyl (C=O) groups is 1. The van der Waals surface area contributed by atoms with Gasteiger partial charge in [0.05, 0.1) is 5.69 Å². The van der Waals surface area contributed by atoms with E-state index in [2.05, 4.69) is 27.2 Å². The number of rotatable bonds is 5. The van der Waals surface area contributed by atoms with Gasteiger partial charge in [-0.2, -0.15) is 9.61 Å². The number of hydrogen-bond acceptors (Lipinski definition) is 6. The summed E-state index contributed by atoms with van der Waals surface area (Å²) in [6.45, 7) is 5.30. The summed E-state index contributed by atoms with van der Waals surface area (Å²) in [5.41, 5.74) is 3.43. The number of piperazine rings is 1. The van der Waals surface area contributed by atoms with Crippen LogP contribution in [0.3, 0.4) is 0 Å². The van der Waals surface area contributed by atoms with E-state index in [1.807, 2.05) is 41.3 Å². The molecule has 10 heteroatoms. The third-order valence-corrected chi connectivity index (χ3v) is 7.26. The summed E-state index contributed by atoms with van der Waals surface area (Å²) >= 11 is 7.35. The van der Waals surface area contributed by atoms with Crippen LogP contribution in [0.2, 0.25) is 5.02 Å². The first-order valence-electron chi connectivity index (χ1n) is 11.5. The number of benzene rings is 2. The Bertz CT molecular complexity index is 1390. The first kappa shape index (κ1) is 23.5. The summed E-state index contributed by atoms with van der Waals surface area (Å²) in [5.74, 6) is 0. The van der Waals surface area contributed by atoms with Crippen LogP contribution in [-0.4, -0.2) is 56.6 Å². The molecular weight excluding hydrogens is 484 g/mol. The van der Waals surface area contributed by atoms with Crippen molar-refractivity contribution in [3.8, 4) is 10.6 Å². The minimum Gasteiger partial charge on any atom is -0.322 e. The first-order chi connectivity index (χ1) is 17.0. The van der Waals surface area contributed by atoms with E-state index in [0.29, 0.717) is 53.4 Å². The third-order valence-electron chi connectivity index (χ3n) is 6.05. The number of hydrogen-bond donors (Lipinski definition) is 1. The highest BCUT2D eigenvalue weighted by atomic mass is 35.5. The second-order valence-corrected chi connectivity index (χ2v) is 9.83. The molecule has 8 nitrogen and oxygen atoms in total. The van der Waals surface area contributed by atoms with E-state index in [9.17, 15) is 9.59 Å². The fourth-order valence-corrected chi connectivity index (χ4v) is 5.07. The van der Waals surface area contributed by atoms with Crippen LogP contribution in [0, 0.1) is 0 Å². The molecule has 35 heavy (non-hydrogen) atoms. The van der Waals surface area contributed by atoms with Crippen LogP contribution in [0.25, 0.3) is 15.5 Å². The van der Waals surface area contributed by atoms with Gasteiger partial charge >= 0.3 is 6.03 Å². The summed E-state index contributed by atoms with van der Waals surface area (Å²) in [5, 5.41) is 8.76. The second kappa shape index (κ2) is 10.2. The fourth-order valence-electron chi connectivity index (χ4n) is 4.01. The molecule has 2 aromatic heterocycles. The lowest BCUT2D eigenvalue weighted by atomic mass is 10.1. The topological polar surface area (TPSA) is 82.8 Å². The summed E-state index contributed by atoms with van der Waals surface area (Å²) < 4.78 is 1.34. The summed E-state index contributed by atoms with van der Waals surface area (Å²) in [6, 6.07) is 16.7. The van der Waals surface area contributed by atoms with Crippen molar-refractivity contribution in [1.82, 2.24) is 24.4 Å². The number of amides is 2. The zero-order valence-electron chi connectivity index (χ0n) is 19.3. The molecular formula is C25H25ClN6O2S. The van der Waals surface area contributed by atoms with Crippen molar-refractivity contribution in [3.05, 3.63) is 81.2 Å². The summed E-state index contributed by atoms with van der Waals surface area (Å²) in [6.07, 6.45) is 0.969. The quantitative estimate of drug-likeness (QED) is 0.432. The first-order valence-corrected chi connectivity index (χ1v) is 12.7. The molecule has 1 N–H and O–H groups in total. The number of anilines is 1. The maximum Gasteiger partial charge on any atom is 0.321 e. The Balaban J connectivity index is 1.21. The number of nitrogens with zero attached hydrogens (tertiary/aromatic N) is 5. The van der Waals surface area contributed by atoms with E-state index in [1.54, 1.807) is 12.1 Å². The smallest absolute Gasteiger partial charge is 0.321 e. The third kappa shape index (κ3) is 5.37. The molecule has 0 atom stereocenters. The average Bonchev–Trinajstić information content (AvgIpc) is 3.30. The molecule has 180 valence electrons. The lowest BCUT2D eigenvalue weighted by Crippen LogP contribution is -2.49. The van der Waals surface area contributed by atoms with Crippen LogP contribution in [0.5, 0.6) is 0 Å². The van der Waals surface area contributed by atoms with E-state index in [-0.39, 0.29) is 11.6 Å². The zero-order valence-corrected chi connectivity index (χ0v) is 20.8. The predicted molar refractivity (Wildman–Crippen MR) is 139 cm³/mol. The minimum atomic E-state index is -0.200. The lowest BCUT2D eigenvalue weighted by molar-refractivity contribution is 0.142. The molecule has 0 unspecified atom stereocenters. The molecule has 2 amide bonds. The lowest BCUT2D eigenvalue weighted by Gasteiger charge is -2.34. The molecule has 1 fully saturated rings. The van der Waals surface area contributed by atoms with Crippen molar-refractivity contribution >= 4 is 39.6 Å². The number of fused-ring (bicyclic) bond motifs is 1. The van der Waals surface area contributed by atoms with Gasteiger partial charge in [-0.1, -0.05) is 54.1 Å². The fraction of sp³-hybridized carbons (Fsp3) is 0.280. The van der Waals surface area contributed by atoms with Crippen molar-refractivity contribution in [1.29, 1.82) is 0 Å². The molecule has 4 aromatic rings. The van der Waals surface area contributed by atoms with Crippen molar-refractivity contribution < 1.29 is 4.79 Å². The van der Waals surface area contributed by atoms with Crippen LogP contribution in [0.4, 0.5) is 10.5 Å². The van der Waals surface area contributed by atoms with Crippen LogP contribution in [0.1, 0.15) is 18.2 Å². The maximum absolute atomic E-state index is 12.7. The highest BCUT2D eigenvalue weighted by Gasteiger charge is 2.22. The van der Waals surface area contributed by atoms with Gasteiger partial charge in [-0.3, -0.25) is 9.69 Å². The number of halogens is 1. The van der Waals surface area contributed by atoms with Gasteiger partial charge in [0.25, 0.3) is 5.56 Å².